The van der Waals surface area contributed by atoms with Crippen LogP contribution in [-0.2, 0) is 11.2 Å². The summed E-state index contributed by atoms with van der Waals surface area (Å²) in [5.41, 5.74) is 7.89. The summed E-state index contributed by atoms with van der Waals surface area (Å²) in [6, 6.07) is 28.4. The molecule has 0 saturated carbocycles. The average Bonchev–Trinajstić information content (AvgIpc) is 3.07. The molecular formula is C23H21BN2O. The Balaban J connectivity index is 1.74. The summed E-state index contributed by atoms with van der Waals surface area (Å²) in [7, 11) is 0. The van der Waals surface area contributed by atoms with Crippen LogP contribution in [-0.4, -0.2) is 30.0 Å². The Morgan fingerprint density at radius 3 is 2.56 bits per heavy atom. The van der Waals surface area contributed by atoms with Gasteiger partial charge in [0.25, 0.3) is 0 Å². The summed E-state index contributed by atoms with van der Waals surface area (Å²) in [5, 5.41) is 0. The van der Waals surface area contributed by atoms with E-state index in [1.54, 1.807) is 0 Å². The summed E-state index contributed by atoms with van der Waals surface area (Å²) in [4.78, 5) is 2.52. The zero-order chi connectivity index (χ0) is 17.8. The molecule has 0 aromatic heterocycles. The van der Waals surface area contributed by atoms with Gasteiger partial charge in [-0.2, -0.15) is 0 Å². The summed E-state index contributed by atoms with van der Waals surface area (Å²) < 4.78 is 9.28. The van der Waals surface area contributed by atoms with Crippen LogP contribution in [0.25, 0.3) is 0 Å². The topological polar surface area (TPSA) is 15.5 Å². The molecule has 27 heavy (non-hydrogen) atoms. The molecule has 3 aromatic rings. The molecule has 3 aromatic carbocycles. The molecule has 0 amide bonds. The minimum atomic E-state index is -1.40. The van der Waals surface area contributed by atoms with Gasteiger partial charge in [-0.1, -0.05) is 65.6 Å². The third-order valence-electron chi connectivity index (χ3n) is 6.34. The maximum absolute atomic E-state index is 6.72. The highest BCUT2D eigenvalue weighted by molar-refractivity contribution is 6.85. The second-order valence-corrected chi connectivity index (χ2v) is 7.68. The van der Waals surface area contributed by atoms with Crippen LogP contribution in [0.5, 0.6) is 0 Å². The SMILES string of the molecule is c1ccc(C2=[N+]3CCCO[B@-]34c3ccccc3CN4c3ccccc32)cc1. The molecule has 1 spiro atoms. The maximum Gasteiger partial charge on any atom is 0.536 e. The standard InChI is InChI=1S/C23H21BN2O/c1-2-9-18(10-3-1)23-20-12-5-7-14-22(20)26-17-19-11-4-6-13-21(19)24(26)25(23)15-8-16-27-24/h1-7,9-14H,8,15-17H2/t24-/m1/s1. The molecule has 6 rings (SSSR count). The Morgan fingerprint density at radius 1 is 0.852 bits per heavy atom. The minimum absolute atomic E-state index is 0.811. The van der Waals surface area contributed by atoms with Crippen LogP contribution < -0.4 is 10.3 Å². The van der Waals surface area contributed by atoms with Gasteiger partial charge in [0, 0.05) is 30.8 Å². The molecule has 3 aliphatic heterocycles. The van der Waals surface area contributed by atoms with Crippen molar-refractivity contribution in [1.82, 2.24) is 0 Å². The Kier molecular flexibility index (Phi) is 3.15. The molecule has 3 nitrogen and oxygen atoms in total. The molecule has 1 saturated heterocycles. The van der Waals surface area contributed by atoms with Crippen LogP contribution in [0.1, 0.15) is 23.1 Å². The lowest BCUT2D eigenvalue weighted by molar-refractivity contribution is -0.429. The number of rotatable bonds is 1. The molecular weight excluding hydrogens is 331 g/mol. The molecule has 0 unspecified atom stereocenters. The first-order valence-corrected chi connectivity index (χ1v) is 9.83. The summed E-state index contributed by atoms with van der Waals surface area (Å²) in [5.74, 6) is 0. The zero-order valence-corrected chi connectivity index (χ0v) is 15.2. The lowest BCUT2D eigenvalue weighted by atomic mass is 9.54. The zero-order valence-electron chi connectivity index (χ0n) is 15.2. The first-order chi connectivity index (χ1) is 13.4. The van der Waals surface area contributed by atoms with E-state index in [2.05, 4.69) is 88.2 Å². The van der Waals surface area contributed by atoms with E-state index in [-0.39, 0.29) is 0 Å². The predicted octanol–water partition coefficient (Wildman–Crippen LogP) is 3.14. The van der Waals surface area contributed by atoms with Gasteiger partial charge >= 0.3 is 6.62 Å². The van der Waals surface area contributed by atoms with E-state index in [9.17, 15) is 0 Å². The highest BCUT2D eigenvalue weighted by atomic mass is 16.5. The van der Waals surface area contributed by atoms with Gasteiger partial charge in [-0.3, -0.25) is 0 Å². The van der Waals surface area contributed by atoms with Gasteiger partial charge in [0.05, 0.1) is 12.1 Å². The smallest absolute Gasteiger partial charge is 0.508 e. The van der Waals surface area contributed by atoms with Crippen LogP contribution in [0.3, 0.4) is 0 Å². The van der Waals surface area contributed by atoms with Crippen LogP contribution in [0, 0.1) is 0 Å². The van der Waals surface area contributed by atoms with Crippen molar-refractivity contribution in [1.29, 1.82) is 0 Å². The number of para-hydroxylation sites is 1. The number of hydrogen-bond acceptors (Lipinski definition) is 2. The van der Waals surface area contributed by atoms with E-state index in [1.165, 1.54) is 33.6 Å². The van der Waals surface area contributed by atoms with E-state index in [0.29, 0.717) is 0 Å². The molecule has 3 heterocycles. The van der Waals surface area contributed by atoms with E-state index in [0.717, 1.165) is 26.1 Å². The first-order valence-electron chi connectivity index (χ1n) is 9.83. The number of anilines is 1. The fourth-order valence-electron chi connectivity index (χ4n) is 5.34. The van der Waals surface area contributed by atoms with Crippen molar-refractivity contribution in [3.05, 3.63) is 95.6 Å². The van der Waals surface area contributed by atoms with E-state index in [1.807, 2.05) is 0 Å². The van der Waals surface area contributed by atoms with Crippen molar-refractivity contribution in [3.8, 4) is 0 Å². The largest absolute Gasteiger partial charge is 0.536 e. The number of benzene rings is 3. The second-order valence-electron chi connectivity index (χ2n) is 7.68. The van der Waals surface area contributed by atoms with Gasteiger partial charge in [0.2, 0.25) is 0 Å². The summed E-state index contributed by atoms with van der Waals surface area (Å²) in [6.07, 6.45) is 1.05. The molecule has 1 fully saturated rings. The van der Waals surface area contributed by atoms with Crippen molar-refractivity contribution in [2.24, 2.45) is 0 Å². The Morgan fingerprint density at radius 2 is 1.63 bits per heavy atom. The van der Waals surface area contributed by atoms with Crippen LogP contribution >= 0.6 is 0 Å². The summed E-state index contributed by atoms with van der Waals surface area (Å²) >= 11 is 0. The van der Waals surface area contributed by atoms with Crippen LogP contribution in [0.15, 0.2) is 78.9 Å². The fourth-order valence-corrected chi connectivity index (χ4v) is 5.34. The third kappa shape index (κ3) is 1.94. The van der Waals surface area contributed by atoms with Gasteiger partial charge in [0.1, 0.15) is 0 Å². The van der Waals surface area contributed by atoms with Crippen molar-refractivity contribution in [2.45, 2.75) is 13.0 Å². The second kappa shape index (κ2) is 5.57. The third-order valence-corrected chi connectivity index (χ3v) is 6.34. The van der Waals surface area contributed by atoms with Crippen molar-refractivity contribution in [2.75, 3.05) is 18.0 Å². The van der Waals surface area contributed by atoms with Crippen molar-refractivity contribution < 1.29 is 9.14 Å². The van der Waals surface area contributed by atoms with Gasteiger partial charge in [0.15, 0.2) is 5.71 Å². The highest BCUT2D eigenvalue weighted by Gasteiger charge is 2.58. The molecule has 3 aliphatic rings. The van der Waals surface area contributed by atoms with E-state index >= 15 is 0 Å². The number of hydrogen-bond donors (Lipinski definition) is 0. The molecule has 0 radical (unpaired) electrons. The fraction of sp³-hybridized carbons (Fsp3) is 0.174. The molecule has 132 valence electrons. The van der Waals surface area contributed by atoms with Crippen molar-refractivity contribution in [3.63, 3.8) is 0 Å². The summed E-state index contributed by atoms with van der Waals surface area (Å²) in [6.45, 7) is 1.34. The monoisotopic (exact) mass is 352 g/mol. The molecule has 4 heteroatoms. The molecule has 0 bridgehead atoms. The lowest BCUT2D eigenvalue weighted by Crippen LogP contribution is -2.73. The first kappa shape index (κ1) is 15.2. The quantitative estimate of drug-likeness (QED) is 0.626. The van der Waals surface area contributed by atoms with Gasteiger partial charge in [-0.25, -0.2) is 0 Å². The average molecular weight is 352 g/mol. The van der Waals surface area contributed by atoms with Gasteiger partial charge in [-0.05, 0) is 24.3 Å². The minimum Gasteiger partial charge on any atom is -0.508 e. The number of fused-ring (bicyclic) bond motifs is 3. The van der Waals surface area contributed by atoms with Crippen LogP contribution in [0.2, 0.25) is 0 Å². The van der Waals surface area contributed by atoms with E-state index < -0.39 is 6.62 Å². The normalized spacial score (nSPS) is 22.7. The van der Waals surface area contributed by atoms with Gasteiger partial charge in [-0.15, -0.1) is 0 Å². The Labute approximate surface area is 159 Å². The van der Waals surface area contributed by atoms with E-state index in [4.69, 9.17) is 4.65 Å². The predicted molar refractivity (Wildman–Crippen MR) is 110 cm³/mol. The molecule has 0 aliphatic carbocycles. The van der Waals surface area contributed by atoms with Crippen LogP contribution in [0.4, 0.5) is 5.69 Å². The molecule has 0 N–H and O–H groups in total. The van der Waals surface area contributed by atoms with Crippen molar-refractivity contribution >= 4 is 23.5 Å². The number of nitrogens with zero attached hydrogens (tertiary/aromatic N) is 2. The van der Waals surface area contributed by atoms with Gasteiger partial charge < -0.3 is 14.0 Å². The maximum atomic E-state index is 6.72. The Bertz CT molecular complexity index is 1080. The highest BCUT2D eigenvalue weighted by Crippen LogP contribution is 2.40. The molecule has 1 atom stereocenters. The Hall–Kier alpha value is -2.85. The lowest BCUT2D eigenvalue weighted by Gasteiger charge is -2.50.